The Labute approximate surface area is 261 Å². The van der Waals surface area contributed by atoms with Crippen molar-refractivity contribution in [3.8, 4) is 11.5 Å². The van der Waals surface area contributed by atoms with Crippen molar-refractivity contribution in [1.82, 2.24) is 0 Å². The molecule has 6 rings (SSSR count). The number of Topliss-reactive ketones (excluding diaryl/α,β-unsaturated/α-hetero) is 4. The van der Waals surface area contributed by atoms with E-state index in [4.69, 9.17) is 9.47 Å². The standard InChI is InChI=1S/C35H24N2O9/c1-45-21-7-3-5-19(15-21)36-34(43)27-30(39)23-11-9-17(13-25(23)32(27)41)29(38)18-10-12-24-26(14-18)33(42)28(31(24)40)35(44)37-20-6-4-8-22(16-20)46-2/h3-16,27-28H,1-2H3,(H,36,43)(H,37,44). The molecule has 4 aromatic carbocycles. The zero-order valence-electron chi connectivity index (χ0n) is 24.4. The van der Waals surface area contributed by atoms with Gasteiger partial charge in [0.25, 0.3) is 0 Å². The van der Waals surface area contributed by atoms with E-state index in [0.717, 1.165) is 0 Å². The number of fused-ring (bicyclic) bond motifs is 2. The van der Waals surface area contributed by atoms with Crippen LogP contribution in [0.5, 0.6) is 11.5 Å². The zero-order valence-corrected chi connectivity index (χ0v) is 24.4. The first-order valence-corrected chi connectivity index (χ1v) is 14.0. The summed E-state index contributed by atoms with van der Waals surface area (Å²) in [5.74, 6) is -7.46. The molecule has 228 valence electrons. The molecule has 11 nitrogen and oxygen atoms in total. The van der Waals surface area contributed by atoms with Crippen molar-refractivity contribution in [3.63, 3.8) is 0 Å². The number of methoxy groups -OCH3 is 2. The van der Waals surface area contributed by atoms with Crippen molar-refractivity contribution in [3.05, 3.63) is 118 Å². The van der Waals surface area contributed by atoms with Crippen molar-refractivity contribution in [2.24, 2.45) is 11.8 Å². The van der Waals surface area contributed by atoms with Gasteiger partial charge in [0, 0.05) is 56.9 Å². The summed E-state index contributed by atoms with van der Waals surface area (Å²) in [5, 5.41) is 5.12. The lowest BCUT2D eigenvalue weighted by Gasteiger charge is -2.10. The normalized spacial score (nSPS) is 16.5. The Morgan fingerprint density at radius 1 is 0.522 bits per heavy atom. The Morgan fingerprint density at radius 2 is 0.913 bits per heavy atom. The summed E-state index contributed by atoms with van der Waals surface area (Å²) < 4.78 is 10.3. The maximum atomic E-state index is 13.5. The Balaban J connectivity index is 1.21. The number of benzene rings is 4. The minimum atomic E-state index is -1.63. The molecule has 0 bridgehead atoms. The quantitative estimate of drug-likeness (QED) is 0.218. The number of hydrogen-bond acceptors (Lipinski definition) is 9. The smallest absolute Gasteiger partial charge is 0.243 e. The molecule has 0 heterocycles. The summed E-state index contributed by atoms with van der Waals surface area (Å²) in [5.41, 5.74) is 0.573. The van der Waals surface area contributed by atoms with Crippen LogP contribution in [0.1, 0.15) is 57.4 Å². The third-order valence-electron chi connectivity index (χ3n) is 7.87. The summed E-state index contributed by atoms with van der Waals surface area (Å²) >= 11 is 0. The van der Waals surface area contributed by atoms with Crippen LogP contribution in [0.25, 0.3) is 0 Å². The monoisotopic (exact) mass is 616 g/mol. The van der Waals surface area contributed by atoms with Gasteiger partial charge in [0.2, 0.25) is 11.8 Å². The number of ketones is 5. The first-order chi connectivity index (χ1) is 22.1. The third-order valence-corrected chi connectivity index (χ3v) is 7.87. The predicted octanol–water partition coefficient (Wildman–Crippen LogP) is 4.20. The number of anilines is 2. The van der Waals surface area contributed by atoms with E-state index in [1.165, 1.54) is 62.8 Å². The van der Waals surface area contributed by atoms with Crippen molar-refractivity contribution in [2.75, 3.05) is 24.9 Å². The van der Waals surface area contributed by atoms with E-state index in [0.29, 0.717) is 22.9 Å². The average Bonchev–Trinajstić information content (AvgIpc) is 3.47. The fourth-order valence-electron chi connectivity index (χ4n) is 5.54. The second kappa shape index (κ2) is 11.7. The van der Waals surface area contributed by atoms with Gasteiger partial charge in [-0.3, -0.25) is 33.6 Å². The van der Waals surface area contributed by atoms with Crippen LogP contribution in [0, 0.1) is 11.8 Å². The van der Waals surface area contributed by atoms with Crippen molar-refractivity contribution < 1.29 is 43.0 Å². The summed E-state index contributed by atoms with van der Waals surface area (Å²) in [4.78, 5) is 91.9. The van der Waals surface area contributed by atoms with Crippen molar-refractivity contribution >= 4 is 52.1 Å². The number of ether oxygens (including phenoxy) is 2. The van der Waals surface area contributed by atoms with Crippen molar-refractivity contribution in [2.45, 2.75) is 0 Å². The largest absolute Gasteiger partial charge is 0.497 e. The average molecular weight is 617 g/mol. The van der Waals surface area contributed by atoms with Crippen LogP contribution in [0.2, 0.25) is 0 Å². The number of carbonyl (C=O) groups is 7. The molecule has 2 aliphatic rings. The van der Waals surface area contributed by atoms with Gasteiger partial charge in [0.1, 0.15) is 11.5 Å². The second-order valence-corrected chi connectivity index (χ2v) is 10.6. The van der Waals surface area contributed by atoms with Crippen LogP contribution >= 0.6 is 0 Å². The molecule has 0 spiro atoms. The fraction of sp³-hybridized carbons (Fsp3) is 0.114. The maximum Gasteiger partial charge on any atom is 0.243 e. The Kier molecular flexibility index (Phi) is 7.58. The summed E-state index contributed by atoms with van der Waals surface area (Å²) in [6, 6.07) is 20.6. The highest BCUT2D eigenvalue weighted by molar-refractivity contribution is 6.38. The Morgan fingerprint density at radius 3 is 1.30 bits per heavy atom. The topological polar surface area (TPSA) is 162 Å². The minimum Gasteiger partial charge on any atom is -0.497 e. The van der Waals surface area contributed by atoms with Gasteiger partial charge in [-0.2, -0.15) is 0 Å². The van der Waals surface area contributed by atoms with Gasteiger partial charge in [-0.15, -0.1) is 0 Å². The summed E-state index contributed by atoms with van der Waals surface area (Å²) in [6.45, 7) is 0. The van der Waals surface area contributed by atoms with E-state index >= 15 is 0 Å². The molecule has 2 unspecified atom stereocenters. The highest BCUT2D eigenvalue weighted by Crippen LogP contribution is 2.32. The molecule has 0 aromatic heterocycles. The molecule has 4 aromatic rings. The molecule has 0 aliphatic heterocycles. The van der Waals surface area contributed by atoms with Crippen molar-refractivity contribution in [1.29, 1.82) is 0 Å². The van der Waals surface area contributed by atoms with Crippen LogP contribution in [-0.4, -0.2) is 55.0 Å². The maximum absolute atomic E-state index is 13.5. The van der Waals surface area contributed by atoms with E-state index in [1.54, 1.807) is 36.4 Å². The van der Waals surface area contributed by atoms with Crippen LogP contribution in [0.15, 0.2) is 84.9 Å². The molecule has 0 fully saturated rings. The van der Waals surface area contributed by atoms with Crippen LogP contribution in [-0.2, 0) is 9.59 Å². The highest BCUT2D eigenvalue weighted by Gasteiger charge is 2.45. The zero-order chi connectivity index (χ0) is 32.7. The van der Waals surface area contributed by atoms with Crippen LogP contribution in [0.4, 0.5) is 11.4 Å². The highest BCUT2D eigenvalue weighted by atomic mass is 16.5. The second-order valence-electron chi connectivity index (χ2n) is 10.6. The van der Waals surface area contributed by atoms with Crippen LogP contribution < -0.4 is 20.1 Å². The van der Waals surface area contributed by atoms with E-state index in [1.807, 2.05) is 0 Å². The first kappa shape index (κ1) is 29.8. The molecule has 0 radical (unpaired) electrons. The lowest BCUT2D eigenvalue weighted by atomic mass is 9.96. The molecular formula is C35H24N2O9. The lowest BCUT2D eigenvalue weighted by Crippen LogP contribution is -2.31. The predicted molar refractivity (Wildman–Crippen MR) is 164 cm³/mol. The molecule has 0 saturated carbocycles. The molecule has 2 amide bonds. The van der Waals surface area contributed by atoms with Gasteiger partial charge in [-0.25, -0.2) is 0 Å². The van der Waals surface area contributed by atoms with E-state index < -0.39 is 52.6 Å². The third kappa shape index (κ3) is 5.13. The SMILES string of the molecule is COc1cccc(NC(=O)C2C(=O)c3ccc(C(=O)c4ccc5c(c4)C(=O)C(C(=O)Nc4cccc(OC)c4)C5=O)cc3C2=O)c1. The van der Waals surface area contributed by atoms with Gasteiger partial charge >= 0.3 is 0 Å². The van der Waals surface area contributed by atoms with Gasteiger partial charge < -0.3 is 20.1 Å². The number of amides is 2. The number of nitrogens with one attached hydrogen (secondary N) is 2. The number of rotatable bonds is 8. The van der Waals surface area contributed by atoms with Gasteiger partial charge in [-0.05, 0) is 48.5 Å². The Bertz CT molecular complexity index is 1890. The molecular weight excluding hydrogens is 592 g/mol. The first-order valence-electron chi connectivity index (χ1n) is 14.0. The van der Waals surface area contributed by atoms with E-state index in [-0.39, 0.29) is 33.4 Å². The molecule has 2 aliphatic carbocycles. The Hall–Kier alpha value is -6.23. The van der Waals surface area contributed by atoms with E-state index in [9.17, 15) is 33.6 Å². The fourth-order valence-corrected chi connectivity index (χ4v) is 5.54. The van der Waals surface area contributed by atoms with Gasteiger partial charge in [0.05, 0.1) is 14.2 Å². The molecule has 46 heavy (non-hydrogen) atoms. The molecule has 0 saturated heterocycles. The molecule has 2 N–H and O–H groups in total. The minimum absolute atomic E-state index is 0.00644. The molecule has 11 heteroatoms. The van der Waals surface area contributed by atoms with Gasteiger partial charge in [-0.1, -0.05) is 24.3 Å². The van der Waals surface area contributed by atoms with Crippen LogP contribution in [0.3, 0.4) is 0 Å². The summed E-state index contributed by atoms with van der Waals surface area (Å²) in [7, 11) is 2.92. The molecule has 2 atom stereocenters. The van der Waals surface area contributed by atoms with E-state index in [2.05, 4.69) is 10.6 Å². The lowest BCUT2D eigenvalue weighted by molar-refractivity contribution is -0.118. The number of hydrogen-bond donors (Lipinski definition) is 2. The summed E-state index contributed by atoms with van der Waals surface area (Å²) in [6.07, 6.45) is 0. The van der Waals surface area contributed by atoms with Gasteiger partial charge in [0.15, 0.2) is 40.8 Å². The number of carbonyl (C=O) groups excluding carboxylic acids is 7.